The van der Waals surface area contributed by atoms with Crippen LogP contribution < -0.4 is 0 Å². The molecule has 7 atom stereocenters. The molecule has 1 aromatic heterocycles. The van der Waals surface area contributed by atoms with Gasteiger partial charge in [-0.3, -0.25) is 0 Å². The first kappa shape index (κ1) is 25.7. The lowest BCUT2D eigenvalue weighted by Gasteiger charge is -2.44. The number of nitrogens with zero attached hydrogens (tertiary/aromatic N) is 1. The van der Waals surface area contributed by atoms with Crippen LogP contribution in [-0.2, 0) is 5.41 Å². The Kier molecular flexibility index (Phi) is 6.95. The molecular formula is C31H43NO4. The third kappa shape index (κ3) is 4.59. The molecule has 4 aliphatic carbocycles. The average molecular weight is 494 g/mol. The fourth-order valence-electron chi connectivity index (χ4n) is 7.56. The number of aliphatic hydroxyl groups excluding tert-OH is 3. The van der Waals surface area contributed by atoms with E-state index >= 15 is 0 Å². The van der Waals surface area contributed by atoms with Gasteiger partial charge in [-0.15, -0.1) is 0 Å². The van der Waals surface area contributed by atoms with Crippen molar-refractivity contribution in [2.75, 3.05) is 0 Å². The number of aryl methyl sites for hydroxylation is 1. The van der Waals surface area contributed by atoms with E-state index in [4.69, 9.17) is 4.42 Å². The molecule has 0 radical (unpaired) electrons. The van der Waals surface area contributed by atoms with E-state index in [1.54, 1.807) is 6.20 Å². The maximum absolute atomic E-state index is 11.0. The Bertz CT molecular complexity index is 1080. The molecular weight excluding hydrogens is 450 g/mol. The van der Waals surface area contributed by atoms with E-state index in [1.165, 1.54) is 31.3 Å². The van der Waals surface area contributed by atoms with Crippen molar-refractivity contribution in [1.29, 1.82) is 0 Å². The van der Waals surface area contributed by atoms with Crippen LogP contribution in [0.15, 0.2) is 58.2 Å². The lowest BCUT2D eigenvalue weighted by molar-refractivity contribution is 0.0862. The van der Waals surface area contributed by atoms with Gasteiger partial charge in [0.25, 0.3) is 0 Å². The summed E-state index contributed by atoms with van der Waals surface area (Å²) >= 11 is 0. The highest BCUT2D eigenvalue weighted by Crippen LogP contribution is 2.59. The maximum atomic E-state index is 11.0. The van der Waals surface area contributed by atoms with Gasteiger partial charge in [0.1, 0.15) is 5.76 Å². The standard InChI is InChI=1S/C31H43NO4/c1-19(7-12-28(35)31(14-15-31)29-32-18-20(2)36-29)25-10-11-26-22(6-5-13-30(25,26)4)8-9-23-16-24(33)17-27(34)21(23)3/h7-9,12,18-19,24-28,33-35H,3,5-6,10-11,13-17H2,1-2,4H3/t19-,24+,25+,26-,27-,28+,30+/m0/s1. The van der Waals surface area contributed by atoms with Crippen LogP contribution in [0.1, 0.15) is 83.3 Å². The van der Waals surface area contributed by atoms with Crippen molar-refractivity contribution in [3.8, 4) is 0 Å². The Morgan fingerprint density at radius 2 is 1.94 bits per heavy atom. The number of rotatable bonds is 6. The molecule has 5 heteroatoms. The summed E-state index contributed by atoms with van der Waals surface area (Å²) in [6.07, 6.45) is 17.4. The summed E-state index contributed by atoms with van der Waals surface area (Å²) in [5.41, 5.74) is 3.15. The van der Waals surface area contributed by atoms with Crippen molar-refractivity contribution >= 4 is 0 Å². The van der Waals surface area contributed by atoms with Crippen LogP contribution in [0.5, 0.6) is 0 Å². The predicted octanol–water partition coefficient (Wildman–Crippen LogP) is 5.71. The van der Waals surface area contributed by atoms with E-state index in [1.807, 2.05) is 13.0 Å². The van der Waals surface area contributed by atoms with Crippen LogP contribution >= 0.6 is 0 Å². The largest absolute Gasteiger partial charge is 0.445 e. The second-order valence-electron chi connectivity index (χ2n) is 12.3. The van der Waals surface area contributed by atoms with Crippen LogP contribution in [0.2, 0.25) is 0 Å². The van der Waals surface area contributed by atoms with Gasteiger partial charge in [-0.25, -0.2) is 4.98 Å². The number of aliphatic hydroxyl groups is 3. The fraction of sp³-hybridized carbons (Fsp3) is 0.645. The van der Waals surface area contributed by atoms with Crippen LogP contribution in [0.4, 0.5) is 0 Å². The summed E-state index contributed by atoms with van der Waals surface area (Å²) < 4.78 is 5.77. The van der Waals surface area contributed by atoms with Gasteiger partial charge in [-0.1, -0.05) is 50.3 Å². The van der Waals surface area contributed by atoms with Crippen molar-refractivity contribution in [1.82, 2.24) is 4.98 Å². The van der Waals surface area contributed by atoms with E-state index in [2.05, 4.69) is 43.6 Å². The summed E-state index contributed by atoms with van der Waals surface area (Å²) in [6.45, 7) is 10.8. The fourth-order valence-corrected chi connectivity index (χ4v) is 7.56. The van der Waals surface area contributed by atoms with Crippen molar-refractivity contribution < 1.29 is 19.7 Å². The number of hydrogen-bond acceptors (Lipinski definition) is 5. The van der Waals surface area contributed by atoms with Gasteiger partial charge < -0.3 is 19.7 Å². The molecule has 1 aromatic rings. The molecule has 0 bridgehead atoms. The predicted molar refractivity (Wildman–Crippen MR) is 141 cm³/mol. The molecule has 1 heterocycles. The first-order chi connectivity index (χ1) is 17.1. The Balaban J connectivity index is 1.29. The van der Waals surface area contributed by atoms with Crippen LogP contribution in [0, 0.1) is 30.1 Å². The molecule has 4 saturated carbocycles. The summed E-state index contributed by atoms with van der Waals surface area (Å²) in [7, 11) is 0. The number of aromatic nitrogens is 1. The molecule has 5 nitrogen and oxygen atoms in total. The summed E-state index contributed by atoms with van der Waals surface area (Å²) in [5, 5.41) is 31.3. The Labute approximate surface area is 215 Å². The zero-order valence-corrected chi connectivity index (χ0v) is 22.1. The van der Waals surface area contributed by atoms with Crippen LogP contribution in [-0.4, -0.2) is 38.6 Å². The molecule has 36 heavy (non-hydrogen) atoms. The summed E-state index contributed by atoms with van der Waals surface area (Å²) in [4.78, 5) is 4.41. The van der Waals surface area contributed by atoms with E-state index < -0.39 is 18.3 Å². The first-order valence-electron chi connectivity index (χ1n) is 13.9. The van der Waals surface area contributed by atoms with Gasteiger partial charge in [0.15, 0.2) is 0 Å². The Morgan fingerprint density at radius 1 is 1.17 bits per heavy atom. The number of oxazole rings is 1. The molecule has 0 aliphatic heterocycles. The number of allylic oxidation sites excluding steroid dienone is 4. The highest BCUT2D eigenvalue weighted by atomic mass is 16.4. The van der Waals surface area contributed by atoms with Crippen molar-refractivity contribution in [3.05, 3.63) is 65.5 Å². The van der Waals surface area contributed by atoms with Gasteiger partial charge >= 0.3 is 0 Å². The minimum absolute atomic E-state index is 0.247. The second kappa shape index (κ2) is 9.74. The monoisotopic (exact) mass is 493 g/mol. The normalized spacial score (nSPS) is 38.0. The van der Waals surface area contributed by atoms with Gasteiger partial charge in [0.2, 0.25) is 5.89 Å². The minimum Gasteiger partial charge on any atom is -0.445 e. The molecule has 4 fully saturated rings. The van der Waals surface area contributed by atoms with E-state index in [0.717, 1.165) is 36.2 Å². The summed E-state index contributed by atoms with van der Waals surface area (Å²) in [6, 6.07) is 0. The lowest BCUT2D eigenvalue weighted by Crippen LogP contribution is -2.35. The quantitative estimate of drug-likeness (QED) is 0.442. The molecule has 4 aliphatic rings. The van der Waals surface area contributed by atoms with Gasteiger partial charge in [0, 0.05) is 6.42 Å². The van der Waals surface area contributed by atoms with Crippen LogP contribution in [0.3, 0.4) is 0 Å². The zero-order valence-electron chi connectivity index (χ0n) is 22.1. The Hall–Kier alpha value is -1.95. The third-order valence-corrected chi connectivity index (χ3v) is 9.94. The van der Waals surface area contributed by atoms with E-state index in [-0.39, 0.29) is 10.8 Å². The van der Waals surface area contributed by atoms with E-state index in [9.17, 15) is 15.3 Å². The third-order valence-electron chi connectivity index (χ3n) is 9.94. The minimum atomic E-state index is -0.642. The highest BCUT2D eigenvalue weighted by Gasteiger charge is 2.54. The molecule has 196 valence electrons. The van der Waals surface area contributed by atoms with Crippen molar-refractivity contribution in [2.24, 2.45) is 23.2 Å². The van der Waals surface area contributed by atoms with Crippen molar-refractivity contribution in [2.45, 2.75) is 102 Å². The van der Waals surface area contributed by atoms with Crippen molar-refractivity contribution in [3.63, 3.8) is 0 Å². The average Bonchev–Trinajstić information content (AvgIpc) is 3.41. The Morgan fingerprint density at radius 3 is 2.64 bits per heavy atom. The van der Waals surface area contributed by atoms with Gasteiger partial charge in [-0.05, 0) is 92.6 Å². The number of fused-ring (bicyclic) bond motifs is 1. The molecule has 0 saturated heterocycles. The first-order valence-corrected chi connectivity index (χ1v) is 13.9. The summed E-state index contributed by atoms with van der Waals surface area (Å²) in [5.74, 6) is 3.00. The smallest absolute Gasteiger partial charge is 0.203 e. The SMILES string of the molecule is C=C1C(=CC=C2CCC[C@]3(C)[C@@H]([C@@H](C)C=C[C@@H](O)C4(c5ncc(C)o5)CC4)CC[C@@H]23)C[C@@H](O)C[C@@H]1O. The molecule has 0 aromatic carbocycles. The van der Waals surface area contributed by atoms with Crippen LogP contribution in [0.25, 0.3) is 0 Å². The molecule has 0 amide bonds. The molecule has 0 spiro atoms. The maximum Gasteiger partial charge on any atom is 0.203 e. The molecule has 0 unspecified atom stereocenters. The van der Waals surface area contributed by atoms with E-state index in [0.29, 0.717) is 36.5 Å². The zero-order chi connectivity index (χ0) is 25.7. The topological polar surface area (TPSA) is 86.7 Å². The van der Waals surface area contributed by atoms with Gasteiger partial charge in [0.05, 0.1) is 29.9 Å². The molecule has 5 rings (SSSR count). The lowest BCUT2D eigenvalue weighted by atomic mass is 9.61. The number of hydrogen-bond donors (Lipinski definition) is 3. The second-order valence-corrected chi connectivity index (χ2v) is 12.3. The molecule has 3 N–H and O–H groups in total. The highest BCUT2D eigenvalue weighted by molar-refractivity contribution is 5.38. The van der Waals surface area contributed by atoms with Gasteiger partial charge in [-0.2, -0.15) is 0 Å².